The third-order valence-corrected chi connectivity index (χ3v) is 6.56. The predicted molar refractivity (Wildman–Crippen MR) is 122 cm³/mol. The maximum Gasteiger partial charge on any atom is 0.347 e. The second kappa shape index (κ2) is 11.7. The molecule has 2 aromatic rings. The number of rotatable bonds is 11. The van der Waals surface area contributed by atoms with Crippen LogP contribution in [0.15, 0.2) is 33.5 Å². The molecule has 1 heterocycles. The quantitative estimate of drug-likeness (QED) is 0.216. The lowest BCUT2D eigenvalue weighted by Crippen LogP contribution is -2.37. The summed E-state index contributed by atoms with van der Waals surface area (Å²) in [5, 5.41) is 67.1. The lowest BCUT2D eigenvalue weighted by Gasteiger charge is -2.26. The molecule has 0 aliphatic heterocycles. The average molecular weight is 505 g/mol. The molecule has 2 rings (SSSR count). The van der Waals surface area contributed by atoms with Crippen LogP contribution in [0.25, 0.3) is 10.8 Å². The van der Waals surface area contributed by atoms with Crippen LogP contribution in [0.4, 0.5) is 0 Å². The highest BCUT2D eigenvalue weighted by atomic mass is 35.5. The number of phenols is 2. The van der Waals surface area contributed by atoms with Crippen LogP contribution < -0.4 is 5.63 Å². The molecule has 0 aliphatic rings. The number of allylic oxidation sites excluding steroid dienone is 1. The molecule has 0 saturated carbocycles. The summed E-state index contributed by atoms with van der Waals surface area (Å²) in [4.78, 5) is 23.0. The number of aliphatic carboxylic acids is 1. The van der Waals surface area contributed by atoms with E-state index >= 15 is 0 Å². The molecule has 0 spiro atoms. The van der Waals surface area contributed by atoms with Crippen LogP contribution in [0.5, 0.6) is 11.5 Å². The number of fused-ring (bicyclic) bond motifs is 1. The van der Waals surface area contributed by atoms with E-state index in [1.807, 2.05) is 0 Å². The van der Waals surface area contributed by atoms with Crippen molar-refractivity contribution in [3.8, 4) is 11.5 Å². The molecular formula is C21H25ClO10S. The molecule has 5 atom stereocenters. The van der Waals surface area contributed by atoms with Gasteiger partial charge in [-0.05, 0) is 13.0 Å². The lowest BCUT2D eigenvalue weighted by atomic mass is 10.0. The third-order valence-electron chi connectivity index (χ3n) is 4.68. The van der Waals surface area contributed by atoms with Gasteiger partial charge in [0.25, 0.3) is 0 Å². The number of benzene rings is 1. The Kier molecular flexibility index (Phi) is 9.58. The zero-order valence-corrected chi connectivity index (χ0v) is 19.0. The average Bonchev–Trinajstić information content (AvgIpc) is 2.70. The number of halogens is 1. The van der Waals surface area contributed by atoms with Gasteiger partial charge in [-0.3, -0.25) is 0 Å². The maximum atomic E-state index is 12.2. The van der Waals surface area contributed by atoms with E-state index in [2.05, 4.69) is 0 Å². The number of carboxylic acids is 1. The van der Waals surface area contributed by atoms with E-state index in [0.29, 0.717) is 0 Å². The van der Waals surface area contributed by atoms with Gasteiger partial charge in [0.05, 0.1) is 28.6 Å². The first-order valence-electron chi connectivity index (χ1n) is 9.82. The first-order valence-corrected chi connectivity index (χ1v) is 11.3. The first-order chi connectivity index (χ1) is 15.4. The summed E-state index contributed by atoms with van der Waals surface area (Å²) in [7, 11) is 0. The number of hydrogen-bond donors (Lipinski definition) is 7. The molecule has 12 heteroatoms. The summed E-state index contributed by atoms with van der Waals surface area (Å²) in [6, 6.07) is 2.28. The SMILES string of the molecule is C[C@@H](O)C[C@H](O)[C@@H](SC[C@@H](O)C(=O)O)[C@@H](O)C=CCc1cc2c(Cl)c(O)cc(O)c2c(=O)o1. The molecule has 0 aliphatic carbocycles. The van der Waals surface area contributed by atoms with E-state index < -0.39 is 52.8 Å². The molecule has 0 saturated heterocycles. The Hall–Kier alpha value is -2.28. The summed E-state index contributed by atoms with van der Waals surface area (Å²) in [5.74, 6) is -2.54. The van der Waals surface area contributed by atoms with Crippen molar-refractivity contribution in [2.45, 2.75) is 49.4 Å². The highest BCUT2D eigenvalue weighted by molar-refractivity contribution is 8.00. The Bertz CT molecular complexity index is 1070. The first kappa shape index (κ1) is 27.0. The van der Waals surface area contributed by atoms with E-state index in [-0.39, 0.29) is 40.1 Å². The summed E-state index contributed by atoms with van der Waals surface area (Å²) >= 11 is 6.85. The van der Waals surface area contributed by atoms with E-state index in [0.717, 1.165) is 17.8 Å². The van der Waals surface area contributed by atoms with Crippen molar-refractivity contribution in [2.75, 3.05) is 5.75 Å². The van der Waals surface area contributed by atoms with Gasteiger partial charge >= 0.3 is 11.6 Å². The molecule has 7 N–H and O–H groups in total. The van der Waals surface area contributed by atoms with Crippen LogP contribution in [0, 0.1) is 0 Å². The van der Waals surface area contributed by atoms with Crippen LogP contribution in [-0.4, -0.2) is 77.1 Å². The van der Waals surface area contributed by atoms with Crippen LogP contribution in [0.3, 0.4) is 0 Å². The zero-order chi connectivity index (χ0) is 24.9. The molecule has 0 radical (unpaired) electrons. The van der Waals surface area contributed by atoms with Crippen molar-refractivity contribution >= 4 is 40.1 Å². The number of aromatic hydroxyl groups is 2. The van der Waals surface area contributed by atoms with Gasteiger partial charge in [-0.1, -0.05) is 23.8 Å². The Balaban J connectivity index is 2.21. The van der Waals surface area contributed by atoms with Crippen molar-refractivity contribution < 1.29 is 45.0 Å². The van der Waals surface area contributed by atoms with E-state index in [4.69, 9.17) is 21.1 Å². The highest BCUT2D eigenvalue weighted by Gasteiger charge is 2.29. The van der Waals surface area contributed by atoms with Crippen molar-refractivity contribution in [3.05, 3.63) is 45.5 Å². The largest absolute Gasteiger partial charge is 0.507 e. The van der Waals surface area contributed by atoms with Gasteiger partial charge in [0.15, 0.2) is 6.10 Å². The van der Waals surface area contributed by atoms with E-state index in [1.54, 1.807) is 0 Å². The van der Waals surface area contributed by atoms with Gasteiger partial charge in [0, 0.05) is 30.0 Å². The number of aliphatic hydroxyl groups excluding tert-OH is 4. The normalized spacial score (nSPS) is 16.5. The second-order valence-electron chi connectivity index (χ2n) is 7.44. The molecule has 0 bridgehead atoms. The predicted octanol–water partition coefficient (Wildman–Crippen LogP) is 0.996. The Morgan fingerprint density at radius 2 is 1.85 bits per heavy atom. The van der Waals surface area contributed by atoms with Crippen molar-refractivity contribution in [2.24, 2.45) is 0 Å². The van der Waals surface area contributed by atoms with Crippen LogP contribution in [-0.2, 0) is 11.2 Å². The Morgan fingerprint density at radius 1 is 1.18 bits per heavy atom. The van der Waals surface area contributed by atoms with Gasteiger partial charge in [-0.15, -0.1) is 11.8 Å². The second-order valence-corrected chi connectivity index (χ2v) is 9.03. The monoisotopic (exact) mass is 504 g/mol. The summed E-state index contributed by atoms with van der Waals surface area (Å²) in [6.07, 6.45) is -2.45. The van der Waals surface area contributed by atoms with Gasteiger partial charge in [-0.2, -0.15) is 0 Å². The van der Waals surface area contributed by atoms with Crippen molar-refractivity contribution in [3.63, 3.8) is 0 Å². The summed E-state index contributed by atoms with van der Waals surface area (Å²) in [5.41, 5.74) is -0.876. The van der Waals surface area contributed by atoms with E-state index in [9.17, 15) is 40.2 Å². The number of aliphatic hydroxyl groups is 4. The molecular weight excluding hydrogens is 480 g/mol. The molecule has 1 aromatic carbocycles. The fourth-order valence-electron chi connectivity index (χ4n) is 3.09. The molecule has 182 valence electrons. The molecule has 1 aromatic heterocycles. The fourth-order valence-corrected chi connectivity index (χ4v) is 4.46. The van der Waals surface area contributed by atoms with Crippen LogP contribution in [0.1, 0.15) is 19.1 Å². The number of carbonyl (C=O) groups is 1. The summed E-state index contributed by atoms with van der Waals surface area (Å²) < 4.78 is 5.14. The number of carboxylic acid groups (broad SMARTS) is 1. The van der Waals surface area contributed by atoms with Crippen LogP contribution in [0.2, 0.25) is 5.02 Å². The van der Waals surface area contributed by atoms with Gasteiger partial charge in [0.1, 0.15) is 22.6 Å². The lowest BCUT2D eigenvalue weighted by molar-refractivity contribution is -0.145. The minimum atomic E-state index is -1.70. The molecule has 33 heavy (non-hydrogen) atoms. The molecule has 10 nitrogen and oxygen atoms in total. The topological polar surface area (TPSA) is 189 Å². The molecule has 0 unspecified atom stereocenters. The fraction of sp³-hybridized carbons (Fsp3) is 0.429. The number of hydrogen-bond acceptors (Lipinski definition) is 10. The number of phenolic OH excluding ortho intramolecular Hbond substituents is 2. The van der Waals surface area contributed by atoms with Crippen molar-refractivity contribution in [1.82, 2.24) is 0 Å². The Labute approximate surface area is 197 Å². The minimum absolute atomic E-state index is 0.00335. The summed E-state index contributed by atoms with van der Waals surface area (Å²) in [6.45, 7) is 1.45. The van der Waals surface area contributed by atoms with Gasteiger partial charge < -0.3 is 40.2 Å². The maximum absolute atomic E-state index is 12.2. The van der Waals surface area contributed by atoms with Gasteiger partial charge in [0.2, 0.25) is 0 Å². The highest BCUT2D eigenvalue weighted by Crippen LogP contribution is 2.36. The third kappa shape index (κ3) is 7.10. The van der Waals surface area contributed by atoms with Crippen LogP contribution >= 0.6 is 23.4 Å². The van der Waals surface area contributed by atoms with E-state index in [1.165, 1.54) is 25.1 Å². The number of thioether (sulfide) groups is 1. The molecule has 0 amide bonds. The van der Waals surface area contributed by atoms with Gasteiger partial charge in [-0.25, -0.2) is 9.59 Å². The Morgan fingerprint density at radius 3 is 2.45 bits per heavy atom. The minimum Gasteiger partial charge on any atom is -0.507 e. The van der Waals surface area contributed by atoms with Crippen molar-refractivity contribution in [1.29, 1.82) is 0 Å². The zero-order valence-electron chi connectivity index (χ0n) is 17.5. The smallest absolute Gasteiger partial charge is 0.347 e. The standard InChI is InChI=1S/C21H25ClO10S/c1-9(23)5-15(27)19(33-8-16(28)20(29)30)12(24)4-2-3-10-6-11-17(21(31)32-10)13(25)7-14(26)18(11)22/h2,4,6-7,9,12,15-16,19,23-28H,3,5,8H2,1H3,(H,29,30)/t9-,12+,15+,16-,19+/m1/s1. The molecule has 0 fully saturated rings.